The Hall–Kier alpha value is -3.02. The standard InChI is InChI=1S/C19H21NO5/c1-12-9-15(13(2)20-12)16(21)11-25-17-7-5-14(10-18(17)23-3)6-8-19(22)24-4/h5-10,20H,11H2,1-4H3/b8-6+. The van der Waals surface area contributed by atoms with Crippen molar-refractivity contribution in [3.63, 3.8) is 0 Å². The lowest BCUT2D eigenvalue weighted by molar-refractivity contribution is -0.134. The van der Waals surface area contributed by atoms with Gasteiger partial charge < -0.3 is 19.2 Å². The zero-order chi connectivity index (χ0) is 18.4. The number of aromatic nitrogens is 1. The van der Waals surface area contributed by atoms with Crippen LogP contribution in [-0.4, -0.2) is 37.6 Å². The molecule has 2 rings (SSSR count). The van der Waals surface area contributed by atoms with Crippen LogP contribution in [0.3, 0.4) is 0 Å². The quantitative estimate of drug-likeness (QED) is 0.475. The molecule has 0 bridgehead atoms. The molecule has 1 aromatic carbocycles. The van der Waals surface area contributed by atoms with Crippen molar-refractivity contribution in [3.8, 4) is 11.5 Å². The minimum atomic E-state index is -0.443. The number of H-pyrrole nitrogens is 1. The van der Waals surface area contributed by atoms with E-state index in [1.54, 1.807) is 30.3 Å². The summed E-state index contributed by atoms with van der Waals surface area (Å²) in [5.41, 5.74) is 3.12. The maximum absolute atomic E-state index is 12.3. The van der Waals surface area contributed by atoms with Gasteiger partial charge in [0.1, 0.15) is 0 Å². The second-order valence-electron chi connectivity index (χ2n) is 5.47. The number of hydrogen-bond donors (Lipinski definition) is 1. The van der Waals surface area contributed by atoms with E-state index in [0.717, 1.165) is 17.0 Å². The second kappa shape index (κ2) is 8.19. The maximum atomic E-state index is 12.3. The summed E-state index contributed by atoms with van der Waals surface area (Å²) in [6.07, 6.45) is 2.92. The van der Waals surface area contributed by atoms with Crippen molar-refractivity contribution >= 4 is 17.8 Å². The number of hydrogen-bond acceptors (Lipinski definition) is 5. The minimum absolute atomic E-state index is 0.0914. The molecule has 1 N–H and O–H groups in total. The molecule has 0 saturated heterocycles. The number of benzene rings is 1. The molecule has 1 heterocycles. The minimum Gasteiger partial charge on any atom is -0.493 e. The molecule has 0 amide bonds. The third-order valence-corrected chi connectivity index (χ3v) is 3.61. The number of aryl methyl sites for hydroxylation is 2. The molecule has 0 saturated carbocycles. The highest BCUT2D eigenvalue weighted by atomic mass is 16.5. The number of methoxy groups -OCH3 is 2. The van der Waals surface area contributed by atoms with Gasteiger partial charge in [0.2, 0.25) is 5.78 Å². The molecule has 0 aliphatic heterocycles. The Morgan fingerprint density at radius 3 is 2.48 bits per heavy atom. The third-order valence-electron chi connectivity index (χ3n) is 3.61. The van der Waals surface area contributed by atoms with Crippen LogP contribution >= 0.6 is 0 Å². The average Bonchev–Trinajstić information content (AvgIpc) is 2.96. The fourth-order valence-corrected chi connectivity index (χ4v) is 2.37. The van der Waals surface area contributed by atoms with Crippen LogP contribution in [0.4, 0.5) is 0 Å². The molecular weight excluding hydrogens is 322 g/mol. The summed E-state index contributed by atoms with van der Waals surface area (Å²) in [5.74, 6) is 0.374. The van der Waals surface area contributed by atoms with E-state index in [0.29, 0.717) is 17.1 Å². The van der Waals surface area contributed by atoms with Gasteiger partial charge in [-0.25, -0.2) is 4.79 Å². The highest BCUT2D eigenvalue weighted by molar-refractivity contribution is 5.98. The van der Waals surface area contributed by atoms with Gasteiger partial charge in [-0.3, -0.25) is 4.79 Å². The largest absolute Gasteiger partial charge is 0.493 e. The van der Waals surface area contributed by atoms with Gasteiger partial charge in [0.25, 0.3) is 0 Å². The monoisotopic (exact) mass is 343 g/mol. The molecule has 25 heavy (non-hydrogen) atoms. The average molecular weight is 343 g/mol. The van der Waals surface area contributed by atoms with E-state index in [1.807, 2.05) is 13.8 Å². The molecule has 0 radical (unpaired) electrons. The molecule has 6 nitrogen and oxygen atoms in total. The molecule has 132 valence electrons. The Balaban J connectivity index is 2.09. The SMILES string of the molecule is COC(=O)/C=C/c1ccc(OCC(=O)c2cc(C)[nH]c2C)c(OC)c1. The van der Waals surface area contributed by atoms with Crippen molar-refractivity contribution in [2.75, 3.05) is 20.8 Å². The first kappa shape index (κ1) is 18.3. The number of aromatic amines is 1. The lowest BCUT2D eigenvalue weighted by atomic mass is 10.1. The Morgan fingerprint density at radius 2 is 1.88 bits per heavy atom. The smallest absolute Gasteiger partial charge is 0.330 e. The Labute approximate surface area is 146 Å². The predicted octanol–water partition coefficient (Wildman–Crippen LogP) is 3.09. The summed E-state index contributed by atoms with van der Waals surface area (Å²) >= 11 is 0. The molecule has 6 heteroatoms. The van der Waals surface area contributed by atoms with Gasteiger partial charge in [-0.1, -0.05) is 6.07 Å². The van der Waals surface area contributed by atoms with E-state index in [9.17, 15) is 9.59 Å². The van der Waals surface area contributed by atoms with Crippen LogP contribution < -0.4 is 9.47 Å². The number of carbonyl (C=O) groups is 2. The van der Waals surface area contributed by atoms with Gasteiger partial charge in [0.15, 0.2) is 18.1 Å². The Kier molecular flexibility index (Phi) is 6.00. The number of carbonyl (C=O) groups excluding carboxylic acids is 2. The first-order chi connectivity index (χ1) is 11.9. The molecular formula is C19H21NO5. The first-order valence-corrected chi connectivity index (χ1v) is 7.71. The van der Waals surface area contributed by atoms with Crippen LogP contribution in [0.1, 0.15) is 27.3 Å². The summed E-state index contributed by atoms with van der Waals surface area (Å²) in [6.45, 7) is 3.66. The van der Waals surface area contributed by atoms with Crippen molar-refractivity contribution in [3.05, 3.63) is 52.9 Å². The molecule has 2 aromatic rings. The van der Waals surface area contributed by atoms with Crippen LogP contribution in [0, 0.1) is 13.8 Å². The predicted molar refractivity (Wildman–Crippen MR) is 94.1 cm³/mol. The molecule has 0 aliphatic carbocycles. The van der Waals surface area contributed by atoms with Crippen molar-refractivity contribution in [2.24, 2.45) is 0 Å². The number of esters is 1. The zero-order valence-electron chi connectivity index (χ0n) is 14.7. The van der Waals surface area contributed by atoms with Gasteiger partial charge in [0, 0.05) is 23.0 Å². The van der Waals surface area contributed by atoms with Crippen LogP contribution in [0.15, 0.2) is 30.3 Å². The lowest BCUT2D eigenvalue weighted by Gasteiger charge is -2.11. The van der Waals surface area contributed by atoms with E-state index in [-0.39, 0.29) is 12.4 Å². The third kappa shape index (κ3) is 4.73. The van der Waals surface area contributed by atoms with Crippen molar-refractivity contribution in [1.82, 2.24) is 4.98 Å². The molecule has 0 unspecified atom stereocenters. The summed E-state index contributed by atoms with van der Waals surface area (Å²) in [4.78, 5) is 26.5. The van der Waals surface area contributed by atoms with E-state index >= 15 is 0 Å². The van der Waals surface area contributed by atoms with Crippen LogP contribution in [0.25, 0.3) is 6.08 Å². The summed E-state index contributed by atoms with van der Waals surface area (Å²) in [7, 11) is 2.83. The van der Waals surface area contributed by atoms with Gasteiger partial charge in [-0.05, 0) is 43.7 Å². The molecule has 0 aliphatic rings. The lowest BCUT2D eigenvalue weighted by Crippen LogP contribution is -2.12. The fourth-order valence-electron chi connectivity index (χ4n) is 2.37. The summed E-state index contributed by atoms with van der Waals surface area (Å²) in [5, 5.41) is 0. The highest BCUT2D eigenvalue weighted by Gasteiger charge is 2.14. The van der Waals surface area contributed by atoms with E-state index in [1.165, 1.54) is 20.3 Å². The maximum Gasteiger partial charge on any atom is 0.330 e. The van der Waals surface area contributed by atoms with E-state index < -0.39 is 5.97 Å². The molecule has 1 aromatic heterocycles. The number of ketones is 1. The number of rotatable bonds is 7. The van der Waals surface area contributed by atoms with Crippen LogP contribution in [-0.2, 0) is 9.53 Å². The van der Waals surface area contributed by atoms with E-state index in [4.69, 9.17) is 9.47 Å². The van der Waals surface area contributed by atoms with Crippen molar-refractivity contribution in [2.45, 2.75) is 13.8 Å². The molecule has 0 spiro atoms. The van der Waals surface area contributed by atoms with Gasteiger partial charge in [0.05, 0.1) is 14.2 Å². The van der Waals surface area contributed by atoms with Gasteiger partial charge in [-0.15, -0.1) is 0 Å². The number of Topliss-reactive ketones (excluding diaryl/α,β-unsaturated/α-hetero) is 1. The summed E-state index contributed by atoms with van der Waals surface area (Å²) in [6, 6.07) is 6.97. The fraction of sp³-hybridized carbons (Fsp3) is 0.263. The van der Waals surface area contributed by atoms with E-state index in [2.05, 4.69) is 9.72 Å². The summed E-state index contributed by atoms with van der Waals surface area (Å²) < 4.78 is 15.4. The van der Waals surface area contributed by atoms with Gasteiger partial charge in [-0.2, -0.15) is 0 Å². The Morgan fingerprint density at radius 1 is 1.12 bits per heavy atom. The van der Waals surface area contributed by atoms with Crippen molar-refractivity contribution < 1.29 is 23.8 Å². The van der Waals surface area contributed by atoms with Gasteiger partial charge >= 0.3 is 5.97 Å². The Bertz CT molecular complexity index is 804. The van der Waals surface area contributed by atoms with Crippen molar-refractivity contribution in [1.29, 1.82) is 0 Å². The highest BCUT2D eigenvalue weighted by Crippen LogP contribution is 2.28. The zero-order valence-corrected chi connectivity index (χ0v) is 14.7. The first-order valence-electron chi connectivity index (χ1n) is 7.71. The van der Waals surface area contributed by atoms with Crippen LogP contribution in [0.5, 0.6) is 11.5 Å². The topological polar surface area (TPSA) is 77.6 Å². The molecule has 0 atom stereocenters. The van der Waals surface area contributed by atoms with Crippen LogP contribution in [0.2, 0.25) is 0 Å². The number of nitrogens with one attached hydrogen (secondary N) is 1. The normalized spacial score (nSPS) is 10.7. The number of ether oxygens (including phenoxy) is 3. The molecule has 0 fully saturated rings. The second-order valence-corrected chi connectivity index (χ2v) is 5.47.